The van der Waals surface area contributed by atoms with E-state index in [9.17, 15) is 0 Å². The van der Waals surface area contributed by atoms with E-state index in [4.69, 9.17) is 17.3 Å². The Hall–Kier alpha value is -0.600. The zero-order chi connectivity index (χ0) is 11.4. The van der Waals surface area contributed by atoms with Crippen molar-refractivity contribution in [3.05, 3.63) is 29.0 Å². The van der Waals surface area contributed by atoms with Gasteiger partial charge in [0, 0.05) is 12.2 Å². The molecule has 1 aromatic heterocycles. The molecule has 1 unspecified atom stereocenters. The third kappa shape index (κ3) is 2.96. The lowest BCUT2D eigenvalue weighted by Crippen LogP contribution is -2.22. The summed E-state index contributed by atoms with van der Waals surface area (Å²) >= 11 is 5.82. The molecule has 3 heteroatoms. The Kier molecular flexibility index (Phi) is 4.19. The molecule has 1 aliphatic rings. The zero-order valence-corrected chi connectivity index (χ0v) is 10.3. The first-order valence-corrected chi connectivity index (χ1v) is 6.52. The summed E-state index contributed by atoms with van der Waals surface area (Å²) in [4.78, 5) is 4.33. The summed E-state index contributed by atoms with van der Waals surface area (Å²) in [7, 11) is 0. The number of halogens is 1. The molecule has 1 heterocycles. The van der Waals surface area contributed by atoms with Crippen LogP contribution in [0.2, 0.25) is 5.02 Å². The number of nitrogens with two attached hydrogens (primary N) is 1. The summed E-state index contributed by atoms with van der Waals surface area (Å²) in [6.45, 7) is 0. The Morgan fingerprint density at radius 3 is 2.44 bits per heavy atom. The van der Waals surface area contributed by atoms with Crippen LogP contribution in [-0.4, -0.2) is 4.98 Å². The Labute approximate surface area is 102 Å². The van der Waals surface area contributed by atoms with Crippen molar-refractivity contribution in [2.45, 2.75) is 44.6 Å². The number of aromatic nitrogens is 1. The summed E-state index contributed by atoms with van der Waals surface area (Å²) < 4.78 is 0. The highest BCUT2D eigenvalue weighted by molar-refractivity contribution is 6.30. The van der Waals surface area contributed by atoms with Crippen molar-refractivity contribution in [3.8, 4) is 0 Å². The third-order valence-corrected chi connectivity index (χ3v) is 3.72. The molecule has 0 aliphatic heterocycles. The average molecular weight is 239 g/mol. The number of pyridine rings is 1. The smallest absolute Gasteiger partial charge is 0.0589 e. The van der Waals surface area contributed by atoms with E-state index < -0.39 is 0 Å². The van der Waals surface area contributed by atoms with Crippen LogP contribution in [0.3, 0.4) is 0 Å². The standard InChI is InChI=1S/C13H19ClN2/c14-11-7-8-12(16-9-11)13(15)10-5-3-1-2-4-6-10/h7-10,13H,1-6,15H2. The molecular weight excluding hydrogens is 220 g/mol. The lowest BCUT2D eigenvalue weighted by molar-refractivity contribution is 0.377. The van der Waals surface area contributed by atoms with E-state index in [1.165, 1.54) is 38.5 Å². The first kappa shape index (κ1) is 11.9. The highest BCUT2D eigenvalue weighted by Gasteiger charge is 2.21. The van der Waals surface area contributed by atoms with E-state index >= 15 is 0 Å². The molecule has 88 valence electrons. The Bertz CT molecular complexity index is 315. The van der Waals surface area contributed by atoms with Gasteiger partial charge in [0.05, 0.1) is 10.7 Å². The molecular formula is C13H19ClN2. The predicted octanol–water partition coefficient (Wildman–Crippen LogP) is 3.71. The first-order valence-electron chi connectivity index (χ1n) is 6.14. The fourth-order valence-electron chi connectivity index (χ4n) is 2.50. The second-order valence-electron chi connectivity index (χ2n) is 4.68. The number of rotatable bonds is 2. The van der Waals surface area contributed by atoms with Gasteiger partial charge in [0.25, 0.3) is 0 Å². The maximum Gasteiger partial charge on any atom is 0.0589 e. The summed E-state index contributed by atoms with van der Waals surface area (Å²) in [5, 5.41) is 0.678. The van der Waals surface area contributed by atoms with Gasteiger partial charge in [-0.2, -0.15) is 0 Å². The summed E-state index contributed by atoms with van der Waals surface area (Å²) in [5.41, 5.74) is 7.27. The van der Waals surface area contributed by atoms with Crippen LogP contribution in [0.4, 0.5) is 0 Å². The molecule has 2 N–H and O–H groups in total. The van der Waals surface area contributed by atoms with Crippen LogP contribution in [0.25, 0.3) is 0 Å². The van der Waals surface area contributed by atoms with E-state index in [-0.39, 0.29) is 6.04 Å². The highest BCUT2D eigenvalue weighted by Crippen LogP contribution is 2.31. The second kappa shape index (κ2) is 5.65. The molecule has 0 spiro atoms. The normalized spacial score (nSPS) is 20.4. The van der Waals surface area contributed by atoms with Crippen molar-refractivity contribution >= 4 is 11.6 Å². The lowest BCUT2D eigenvalue weighted by atomic mass is 9.90. The van der Waals surface area contributed by atoms with Crippen molar-refractivity contribution in [1.29, 1.82) is 0 Å². The van der Waals surface area contributed by atoms with Gasteiger partial charge in [-0.3, -0.25) is 4.98 Å². The molecule has 16 heavy (non-hydrogen) atoms. The number of nitrogens with zero attached hydrogens (tertiary/aromatic N) is 1. The van der Waals surface area contributed by atoms with Gasteiger partial charge in [0.1, 0.15) is 0 Å². The predicted molar refractivity (Wildman–Crippen MR) is 67.4 cm³/mol. The van der Waals surface area contributed by atoms with E-state index in [2.05, 4.69) is 4.98 Å². The van der Waals surface area contributed by atoms with Crippen molar-refractivity contribution in [2.24, 2.45) is 11.7 Å². The SMILES string of the molecule is NC(c1ccc(Cl)cn1)C1CCCCCC1. The fraction of sp³-hybridized carbons (Fsp3) is 0.615. The van der Waals surface area contributed by atoms with Crippen LogP contribution in [0, 0.1) is 5.92 Å². The Morgan fingerprint density at radius 1 is 1.19 bits per heavy atom. The minimum atomic E-state index is 0.0790. The van der Waals surface area contributed by atoms with Gasteiger partial charge in [-0.05, 0) is 30.9 Å². The van der Waals surface area contributed by atoms with E-state index in [1.54, 1.807) is 6.20 Å². The van der Waals surface area contributed by atoms with Crippen LogP contribution < -0.4 is 5.73 Å². The van der Waals surface area contributed by atoms with Gasteiger partial charge in [-0.25, -0.2) is 0 Å². The van der Waals surface area contributed by atoms with E-state index in [1.807, 2.05) is 12.1 Å². The lowest BCUT2D eigenvalue weighted by Gasteiger charge is -2.21. The summed E-state index contributed by atoms with van der Waals surface area (Å²) in [6, 6.07) is 3.91. The van der Waals surface area contributed by atoms with Gasteiger partial charge < -0.3 is 5.73 Å². The fourth-order valence-corrected chi connectivity index (χ4v) is 2.61. The van der Waals surface area contributed by atoms with Crippen molar-refractivity contribution < 1.29 is 0 Å². The molecule has 0 amide bonds. The monoisotopic (exact) mass is 238 g/mol. The third-order valence-electron chi connectivity index (χ3n) is 3.50. The molecule has 2 rings (SSSR count). The van der Waals surface area contributed by atoms with Crippen LogP contribution in [0.5, 0.6) is 0 Å². The molecule has 0 radical (unpaired) electrons. The Balaban J connectivity index is 2.04. The molecule has 1 aromatic rings. The molecule has 1 saturated carbocycles. The average Bonchev–Trinajstić information content (AvgIpc) is 2.57. The second-order valence-corrected chi connectivity index (χ2v) is 5.12. The quantitative estimate of drug-likeness (QED) is 0.798. The molecule has 0 aromatic carbocycles. The number of hydrogen-bond donors (Lipinski definition) is 1. The van der Waals surface area contributed by atoms with Gasteiger partial charge in [0.15, 0.2) is 0 Å². The van der Waals surface area contributed by atoms with Crippen molar-refractivity contribution in [3.63, 3.8) is 0 Å². The maximum atomic E-state index is 6.28. The van der Waals surface area contributed by atoms with Crippen LogP contribution in [-0.2, 0) is 0 Å². The van der Waals surface area contributed by atoms with Gasteiger partial charge in [0.2, 0.25) is 0 Å². The largest absolute Gasteiger partial charge is 0.322 e. The molecule has 1 fully saturated rings. The highest BCUT2D eigenvalue weighted by atomic mass is 35.5. The van der Waals surface area contributed by atoms with Crippen LogP contribution >= 0.6 is 11.6 Å². The number of hydrogen-bond acceptors (Lipinski definition) is 2. The van der Waals surface area contributed by atoms with Gasteiger partial charge >= 0.3 is 0 Å². The minimum Gasteiger partial charge on any atom is -0.322 e. The van der Waals surface area contributed by atoms with Crippen molar-refractivity contribution in [2.75, 3.05) is 0 Å². The van der Waals surface area contributed by atoms with E-state index in [0.29, 0.717) is 10.9 Å². The summed E-state index contributed by atoms with van der Waals surface area (Å²) in [6.07, 6.45) is 9.51. The minimum absolute atomic E-state index is 0.0790. The molecule has 1 atom stereocenters. The van der Waals surface area contributed by atoms with Crippen LogP contribution in [0.1, 0.15) is 50.3 Å². The Morgan fingerprint density at radius 2 is 1.88 bits per heavy atom. The molecule has 0 saturated heterocycles. The zero-order valence-electron chi connectivity index (χ0n) is 9.53. The van der Waals surface area contributed by atoms with Gasteiger partial charge in [-0.1, -0.05) is 37.3 Å². The maximum absolute atomic E-state index is 6.28. The van der Waals surface area contributed by atoms with Gasteiger partial charge in [-0.15, -0.1) is 0 Å². The molecule has 2 nitrogen and oxygen atoms in total. The molecule has 1 aliphatic carbocycles. The van der Waals surface area contributed by atoms with E-state index in [0.717, 1.165) is 5.69 Å². The topological polar surface area (TPSA) is 38.9 Å². The van der Waals surface area contributed by atoms with Crippen LogP contribution in [0.15, 0.2) is 18.3 Å². The van der Waals surface area contributed by atoms with Crippen molar-refractivity contribution in [1.82, 2.24) is 4.98 Å². The summed E-state index contributed by atoms with van der Waals surface area (Å²) in [5.74, 6) is 0.594. The first-order chi connectivity index (χ1) is 7.77. The molecule has 0 bridgehead atoms.